The van der Waals surface area contributed by atoms with Crippen LogP contribution in [-0.4, -0.2) is 163 Å². The molecule has 15 nitrogen and oxygen atoms in total. The van der Waals surface area contributed by atoms with Crippen molar-refractivity contribution in [3.63, 3.8) is 0 Å². The molecule has 3 heterocycles. The molecule has 222 valence electrons. The quantitative estimate of drug-likeness (QED) is 0.302. The molecule has 0 spiro atoms. The Bertz CT molecular complexity index is 683. The Morgan fingerprint density at radius 1 is 0.684 bits per heavy atom. The van der Waals surface area contributed by atoms with Crippen molar-refractivity contribution in [3.05, 3.63) is 0 Å². The van der Waals surface area contributed by atoms with Crippen LogP contribution in [-0.2, 0) is 56.9 Å². The number of ether oxygens (including phenoxy) is 11. The highest BCUT2D eigenvalue weighted by Crippen LogP contribution is 2.28. The maximum atomic E-state index is 12.1. The van der Waals surface area contributed by atoms with E-state index in [1.807, 2.05) is 0 Å². The van der Waals surface area contributed by atoms with Gasteiger partial charge >= 0.3 is 5.97 Å². The number of aliphatic hydroxyl groups is 3. The van der Waals surface area contributed by atoms with Crippen molar-refractivity contribution in [1.29, 1.82) is 0 Å². The highest BCUT2D eigenvalue weighted by Gasteiger charge is 2.50. The second-order valence-corrected chi connectivity index (χ2v) is 8.69. The van der Waals surface area contributed by atoms with Crippen LogP contribution < -0.4 is 0 Å². The zero-order valence-corrected chi connectivity index (χ0v) is 21.9. The number of esters is 1. The third-order valence-electron chi connectivity index (χ3n) is 6.37. The van der Waals surface area contributed by atoms with E-state index in [0.29, 0.717) is 0 Å². The second kappa shape index (κ2) is 16.3. The standard InChI is InChI=1S/C23H40O15/c1-28-21(27)18-15(26)17-20(23(30-3)38-18)36-11-7-31-4-8-33-16-14(25)13(12-24)37-22(29-2)19(16)35-10-6-32-5-9-34-17/h13-20,22-26H,4-12H2,1-3H3/t13-,14-,15+,16+,17+,18+,19-,20-,22+,23+/m1/s1. The summed E-state index contributed by atoms with van der Waals surface area (Å²) >= 11 is 0. The summed E-state index contributed by atoms with van der Waals surface area (Å²) in [6.45, 7) is 0.538. The zero-order chi connectivity index (χ0) is 27.5. The van der Waals surface area contributed by atoms with Gasteiger partial charge in [0, 0.05) is 14.2 Å². The number of carbonyl (C=O) groups is 1. The van der Waals surface area contributed by atoms with Gasteiger partial charge in [0.05, 0.1) is 66.6 Å². The number of rotatable bonds is 4. The molecule has 0 saturated carbocycles. The lowest BCUT2D eigenvalue weighted by molar-refractivity contribution is -0.313. The number of methoxy groups -OCH3 is 3. The van der Waals surface area contributed by atoms with E-state index in [-0.39, 0.29) is 52.9 Å². The van der Waals surface area contributed by atoms with E-state index in [9.17, 15) is 20.1 Å². The predicted octanol–water partition coefficient (Wildman–Crippen LogP) is -2.80. The maximum absolute atomic E-state index is 12.1. The first-order valence-electron chi connectivity index (χ1n) is 12.5. The monoisotopic (exact) mass is 556 g/mol. The van der Waals surface area contributed by atoms with E-state index >= 15 is 0 Å². The first kappa shape index (κ1) is 31.5. The highest BCUT2D eigenvalue weighted by molar-refractivity contribution is 5.75. The lowest BCUT2D eigenvalue weighted by atomic mass is 9.98. The second-order valence-electron chi connectivity index (χ2n) is 8.69. The van der Waals surface area contributed by atoms with E-state index < -0.39 is 74.0 Å². The van der Waals surface area contributed by atoms with Gasteiger partial charge in [-0.2, -0.15) is 0 Å². The van der Waals surface area contributed by atoms with Crippen LogP contribution in [0.2, 0.25) is 0 Å². The van der Waals surface area contributed by atoms with Crippen molar-refractivity contribution in [3.8, 4) is 0 Å². The van der Waals surface area contributed by atoms with Crippen molar-refractivity contribution in [1.82, 2.24) is 0 Å². The number of fused-ring (bicyclic) bond motifs is 2. The first-order valence-corrected chi connectivity index (χ1v) is 12.5. The summed E-state index contributed by atoms with van der Waals surface area (Å²) in [5.41, 5.74) is 0. The van der Waals surface area contributed by atoms with Crippen molar-refractivity contribution < 1.29 is 72.2 Å². The number of carbonyl (C=O) groups excluding carboxylic acids is 1. The Hall–Kier alpha value is -1.05. The summed E-state index contributed by atoms with van der Waals surface area (Å²) < 4.78 is 61.2. The molecule has 3 saturated heterocycles. The van der Waals surface area contributed by atoms with E-state index in [1.54, 1.807) is 0 Å². The molecule has 15 heteroatoms. The molecule has 0 radical (unpaired) electrons. The van der Waals surface area contributed by atoms with Crippen LogP contribution in [0.1, 0.15) is 0 Å². The lowest BCUT2D eigenvalue weighted by Gasteiger charge is -2.43. The van der Waals surface area contributed by atoms with Gasteiger partial charge < -0.3 is 67.4 Å². The van der Waals surface area contributed by atoms with Crippen LogP contribution in [0.3, 0.4) is 0 Å². The molecule has 0 bridgehead atoms. The van der Waals surface area contributed by atoms with Gasteiger partial charge in [0.2, 0.25) is 0 Å². The molecule has 10 atom stereocenters. The van der Waals surface area contributed by atoms with Crippen LogP contribution in [0.4, 0.5) is 0 Å². The molecule has 3 fully saturated rings. The molecule has 0 aromatic rings. The number of hydrogen-bond acceptors (Lipinski definition) is 15. The third-order valence-corrected chi connectivity index (χ3v) is 6.37. The summed E-state index contributed by atoms with van der Waals surface area (Å²) in [7, 11) is 4.00. The van der Waals surface area contributed by atoms with Gasteiger partial charge in [0.15, 0.2) is 18.7 Å². The van der Waals surface area contributed by atoms with Gasteiger partial charge in [-0.25, -0.2) is 4.79 Å². The van der Waals surface area contributed by atoms with Crippen LogP contribution in [0.25, 0.3) is 0 Å². The van der Waals surface area contributed by atoms with Gasteiger partial charge in [-0.3, -0.25) is 0 Å². The molecule has 0 aliphatic carbocycles. The van der Waals surface area contributed by atoms with Crippen molar-refractivity contribution >= 4 is 5.97 Å². The van der Waals surface area contributed by atoms with Gasteiger partial charge in [0.25, 0.3) is 0 Å². The Morgan fingerprint density at radius 3 is 1.58 bits per heavy atom. The fraction of sp³-hybridized carbons (Fsp3) is 0.957. The van der Waals surface area contributed by atoms with Crippen LogP contribution in [0.15, 0.2) is 0 Å². The third kappa shape index (κ3) is 8.00. The molecule has 0 aromatic carbocycles. The van der Waals surface area contributed by atoms with E-state index in [2.05, 4.69) is 0 Å². The maximum Gasteiger partial charge on any atom is 0.337 e. The zero-order valence-electron chi connectivity index (χ0n) is 21.9. The van der Waals surface area contributed by atoms with Crippen LogP contribution in [0.5, 0.6) is 0 Å². The smallest absolute Gasteiger partial charge is 0.337 e. The average molecular weight is 557 g/mol. The van der Waals surface area contributed by atoms with Gasteiger partial charge in [0.1, 0.15) is 42.7 Å². The van der Waals surface area contributed by atoms with Crippen molar-refractivity contribution in [2.45, 2.75) is 61.4 Å². The number of hydrogen-bond donors (Lipinski definition) is 3. The molecular weight excluding hydrogens is 516 g/mol. The molecule has 3 N–H and O–H groups in total. The molecule has 3 rings (SSSR count). The molecule has 38 heavy (non-hydrogen) atoms. The van der Waals surface area contributed by atoms with E-state index in [0.717, 1.165) is 0 Å². The lowest BCUT2D eigenvalue weighted by Crippen LogP contribution is -2.62. The van der Waals surface area contributed by atoms with Crippen LogP contribution in [0, 0.1) is 0 Å². The molecular formula is C23H40O15. The fourth-order valence-corrected chi connectivity index (χ4v) is 4.47. The SMILES string of the molecule is COC(=O)[C@H]1O[C@H](OC)[C@@H]2OCCOCCO[C@H]3[C@H](O)[C@@H](CO)O[C@H](OC)[C@@H]3OCCOCCO[C@H]2[C@@H]1O. The minimum absolute atomic E-state index is 0.0538. The molecule has 0 unspecified atom stereocenters. The van der Waals surface area contributed by atoms with E-state index in [4.69, 9.17) is 52.1 Å². The molecule has 3 aliphatic heterocycles. The summed E-state index contributed by atoms with van der Waals surface area (Å²) in [6.07, 6.45) is -10.2. The van der Waals surface area contributed by atoms with Gasteiger partial charge in [-0.1, -0.05) is 0 Å². The minimum atomic E-state index is -1.38. The van der Waals surface area contributed by atoms with Crippen molar-refractivity contribution in [2.24, 2.45) is 0 Å². The average Bonchev–Trinajstić information content (AvgIpc) is 2.93. The topological polar surface area (TPSA) is 179 Å². The molecule has 3 aliphatic rings. The minimum Gasteiger partial charge on any atom is -0.467 e. The molecule has 0 amide bonds. The Morgan fingerprint density at radius 2 is 1.13 bits per heavy atom. The largest absolute Gasteiger partial charge is 0.467 e. The predicted molar refractivity (Wildman–Crippen MR) is 123 cm³/mol. The highest BCUT2D eigenvalue weighted by atomic mass is 16.7. The Labute approximate surface area is 221 Å². The van der Waals surface area contributed by atoms with Gasteiger partial charge in [-0.05, 0) is 0 Å². The fourth-order valence-electron chi connectivity index (χ4n) is 4.47. The number of aliphatic hydroxyl groups excluding tert-OH is 3. The summed E-state index contributed by atoms with van der Waals surface area (Å²) in [4.78, 5) is 12.1. The summed E-state index contributed by atoms with van der Waals surface area (Å²) in [5, 5.41) is 31.0. The van der Waals surface area contributed by atoms with E-state index in [1.165, 1.54) is 21.3 Å². The normalized spacial score (nSPS) is 40.7. The Kier molecular flexibility index (Phi) is 13.5. The summed E-state index contributed by atoms with van der Waals surface area (Å²) in [6, 6.07) is 0. The van der Waals surface area contributed by atoms with Crippen LogP contribution >= 0.6 is 0 Å². The van der Waals surface area contributed by atoms with Crippen molar-refractivity contribution in [2.75, 3.05) is 80.8 Å². The first-order chi connectivity index (χ1) is 18.5. The molecule has 0 aromatic heterocycles. The Balaban J connectivity index is 1.65. The summed E-state index contributed by atoms with van der Waals surface area (Å²) in [5.74, 6) is -0.771. The van der Waals surface area contributed by atoms with Gasteiger partial charge in [-0.15, -0.1) is 0 Å².